The molecule has 4 nitrogen and oxygen atoms in total. The van der Waals surface area contributed by atoms with Crippen molar-refractivity contribution in [2.75, 3.05) is 6.54 Å². The molecular weight excluding hydrogens is 262 g/mol. The van der Waals surface area contributed by atoms with Gasteiger partial charge in [-0.15, -0.1) is 0 Å². The van der Waals surface area contributed by atoms with Crippen molar-refractivity contribution in [1.82, 2.24) is 15.5 Å². The molecule has 0 aliphatic carbocycles. The summed E-state index contributed by atoms with van der Waals surface area (Å²) in [4.78, 5) is 4.62. The predicted molar refractivity (Wildman–Crippen MR) is 82.2 cm³/mol. The zero-order chi connectivity index (χ0) is 14.9. The molecule has 0 amide bonds. The minimum absolute atomic E-state index is 0.161. The van der Waals surface area contributed by atoms with Gasteiger partial charge in [0.1, 0.15) is 0 Å². The largest absolute Gasteiger partial charge is 0.337 e. The van der Waals surface area contributed by atoms with Gasteiger partial charge in [-0.2, -0.15) is 4.98 Å². The molecule has 1 fully saturated rings. The Kier molecular flexibility index (Phi) is 3.81. The third-order valence-corrected chi connectivity index (χ3v) is 4.20. The van der Waals surface area contributed by atoms with Crippen molar-refractivity contribution < 1.29 is 4.52 Å². The van der Waals surface area contributed by atoms with Crippen LogP contribution in [0.3, 0.4) is 0 Å². The van der Waals surface area contributed by atoms with Crippen LogP contribution in [0.1, 0.15) is 54.6 Å². The number of hydrogen-bond acceptors (Lipinski definition) is 4. The van der Waals surface area contributed by atoms with E-state index in [0.717, 1.165) is 31.1 Å². The summed E-state index contributed by atoms with van der Waals surface area (Å²) < 4.78 is 5.52. The third kappa shape index (κ3) is 3.16. The number of aryl methyl sites for hydroxylation is 2. The monoisotopic (exact) mass is 285 g/mol. The zero-order valence-corrected chi connectivity index (χ0v) is 13.1. The van der Waals surface area contributed by atoms with Crippen LogP contribution in [0.15, 0.2) is 22.7 Å². The van der Waals surface area contributed by atoms with E-state index >= 15 is 0 Å². The first-order chi connectivity index (χ1) is 10.0. The quantitative estimate of drug-likeness (QED) is 0.940. The fourth-order valence-corrected chi connectivity index (χ4v) is 3.14. The van der Waals surface area contributed by atoms with Crippen molar-refractivity contribution in [3.8, 4) is 0 Å². The fraction of sp³-hybridized carbons (Fsp3) is 0.529. The number of benzene rings is 1. The van der Waals surface area contributed by atoms with E-state index in [0.29, 0.717) is 0 Å². The summed E-state index contributed by atoms with van der Waals surface area (Å²) >= 11 is 0. The molecule has 2 heterocycles. The Morgan fingerprint density at radius 2 is 1.95 bits per heavy atom. The van der Waals surface area contributed by atoms with Crippen molar-refractivity contribution in [3.05, 3.63) is 46.6 Å². The lowest BCUT2D eigenvalue weighted by atomic mass is 9.91. The van der Waals surface area contributed by atoms with Gasteiger partial charge in [0.2, 0.25) is 5.89 Å². The molecule has 0 radical (unpaired) electrons. The molecule has 0 bridgehead atoms. The first-order valence-corrected chi connectivity index (χ1v) is 7.70. The molecule has 1 saturated heterocycles. The standard InChI is InChI=1S/C17H23N3O/c1-12-8-13(2)10-14(9-12)11-15-19-16(21-20-15)17(3)6-4-5-7-18-17/h8-10,18H,4-7,11H2,1-3H3. The van der Waals surface area contributed by atoms with Crippen molar-refractivity contribution in [3.63, 3.8) is 0 Å². The summed E-state index contributed by atoms with van der Waals surface area (Å²) in [6.45, 7) is 7.40. The van der Waals surface area contributed by atoms with Gasteiger partial charge >= 0.3 is 0 Å². The van der Waals surface area contributed by atoms with Crippen LogP contribution in [0.4, 0.5) is 0 Å². The summed E-state index contributed by atoms with van der Waals surface area (Å²) in [6, 6.07) is 6.55. The maximum absolute atomic E-state index is 5.52. The average molecular weight is 285 g/mol. The lowest BCUT2D eigenvalue weighted by molar-refractivity contribution is 0.206. The first-order valence-electron chi connectivity index (χ1n) is 7.70. The van der Waals surface area contributed by atoms with Crippen LogP contribution in [-0.2, 0) is 12.0 Å². The fourth-order valence-electron chi connectivity index (χ4n) is 3.14. The number of hydrogen-bond donors (Lipinski definition) is 1. The smallest absolute Gasteiger partial charge is 0.246 e. The van der Waals surface area contributed by atoms with E-state index in [1.54, 1.807) is 0 Å². The summed E-state index contributed by atoms with van der Waals surface area (Å²) in [6.07, 6.45) is 4.21. The summed E-state index contributed by atoms with van der Waals surface area (Å²) in [5.74, 6) is 1.49. The van der Waals surface area contributed by atoms with E-state index in [4.69, 9.17) is 4.52 Å². The molecule has 1 N–H and O–H groups in total. The molecular formula is C17H23N3O. The lowest BCUT2D eigenvalue weighted by Gasteiger charge is -2.31. The highest BCUT2D eigenvalue weighted by atomic mass is 16.5. The Hall–Kier alpha value is -1.68. The highest BCUT2D eigenvalue weighted by Crippen LogP contribution is 2.28. The van der Waals surface area contributed by atoms with Gasteiger partial charge in [0.05, 0.1) is 5.54 Å². The molecule has 2 aromatic rings. The molecule has 3 rings (SSSR count). The molecule has 1 unspecified atom stereocenters. The van der Waals surface area contributed by atoms with Gasteiger partial charge in [0, 0.05) is 6.42 Å². The third-order valence-electron chi connectivity index (χ3n) is 4.20. The second kappa shape index (κ2) is 5.60. The van der Waals surface area contributed by atoms with E-state index in [9.17, 15) is 0 Å². The van der Waals surface area contributed by atoms with Crippen molar-refractivity contribution in [2.24, 2.45) is 0 Å². The highest BCUT2D eigenvalue weighted by molar-refractivity contribution is 5.30. The average Bonchev–Trinajstić information content (AvgIpc) is 2.87. The van der Waals surface area contributed by atoms with E-state index in [2.05, 4.69) is 54.4 Å². The second-order valence-corrected chi connectivity index (χ2v) is 6.40. The Balaban J connectivity index is 1.78. The Labute approximate surface area is 126 Å². The van der Waals surface area contributed by atoms with Crippen molar-refractivity contribution in [2.45, 2.75) is 52.0 Å². The first kappa shape index (κ1) is 14.3. The number of nitrogens with one attached hydrogen (secondary N) is 1. The minimum atomic E-state index is -0.161. The Morgan fingerprint density at radius 1 is 1.19 bits per heavy atom. The Bertz CT molecular complexity index is 606. The molecule has 0 spiro atoms. The molecule has 4 heteroatoms. The summed E-state index contributed by atoms with van der Waals surface area (Å²) in [7, 11) is 0. The lowest BCUT2D eigenvalue weighted by Crippen LogP contribution is -2.43. The molecule has 1 aromatic carbocycles. The van der Waals surface area contributed by atoms with Gasteiger partial charge < -0.3 is 9.84 Å². The predicted octanol–water partition coefficient (Wildman–Crippen LogP) is 3.27. The molecule has 112 valence electrons. The SMILES string of the molecule is Cc1cc(C)cc(Cc2noc(C3(C)CCCCN3)n2)c1. The number of piperidine rings is 1. The van der Waals surface area contributed by atoms with Gasteiger partial charge in [0.25, 0.3) is 0 Å². The van der Waals surface area contributed by atoms with E-state index in [-0.39, 0.29) is 5.54 Å². The van der Waals surface area contributed by atoms with E-state index in [1.165, 1.54) is 29.5 Å². The van der Waals surface area contributed by atoms with Gasteiger partial charge in [-0.3, -0.25) is 0 Å². The van der Waals surface area contributed by atoms with Crippen LogP contribution >= 0.6 is 0 Å². The number of aromatic nitrogens is 2. The zero-order valence-electron chi connectivity index (χ0n) is 13.1. The van der Waals surface area contributed by atoms with Crippen LogP contribution in [0.25, 0.3) is 0 Å². The van der Waals surface area contributed by atoms with Gasteiger partial charge in [-0.05, 0) is 52.1 Å². The van der Waals surface area contributed by atoms with Gasteiger partial charge in [-0.25, -0.2) is 0 Å². The van der Waals surface area contributed by atoms with E-state index in [1.807, 2.05) is 0 Å². The van der Waals surface area contributed by atoms with Crippen molar-refractivity contribution in [1.29, 1.82) is 0 Å². The minimum Gasteiger partial charge on any atom is -0.337 e. The molecule has 21 heavy (non-hydrogen) atoms. The van der Waals surface area contributed by atoms with Crippen LogP contribution < -0.4 is 5.32 Å². The van der Waals surface area contributed by atoms with Gasteiger partial charge in [0.15, 0.2) is 5.82 Å². The summed E-state index contributed by atoms with van der Waals surface area (Å²) in [5, 5.41) is 7.68. The normalized spacial score (nSPS) is 22.4. The highest BCUT2D eigenvalue weighted by Gasteiger charge is 2.34. The van der Waals surface area contributed by atoms with Crippen molar-refractivity contribution >= 4 is 0 Å². The maximum atomic E-state index is 5.52. The summed E-state index contributed by atoms with van der Waals surface area (Å²) in [5.41, 5.74) is 3.62. The topological polar surface area (TPSA) is 51.0 Å². The molecule has 1 aliphatic heterocycles. The van der Waals surface area contributed by atoms with E-state index < -0.39 is 0 Å². The maximum Gasteiger partial charge on any atom is 0.246 e. The molecule has 1 atom stereocenters. The van der Waals surface area contributed by atoms with Crippen LogP contribution in [0.2, 0.25) is 0 Å². The Morgan fingerprint density at radius 3 is 2.62 bits per heavy atom. The van der Waals surface area contributed by atoms with Crippen LogP contribution in [-0.4, -0.2) is 16.7 Å². The number of rotatable bonds is 3. The van der Waals surface area contributed by atoms with Crippen LogP contribution in [0.5, 0.6) is 0 Å². The van der Waals surface area contributed by atoms with Gasteiger partial charge in [-0.1, -0.05) is 34.5 Å². The molecule has 1 aliphatic rings. The second-order valence-electron chi connectivity index (χ2n) is 6.40. The number of nitrogens with zero attached hydrogens (tertiary/aromatic N) is 2. The molecule has 1 aromatic heterocycles. The van der Waals surface area contributed by atoms with Crippen LogP contribution in [0, 0.1) is 13.8 Å². The molecule has 0 saturated carbocycles.